The van der Waals surface area contributed by atoms with Gasteiger partial charge in [0.2, 0.25) is 5.91 Å². The average molecular weight is 251 g/mol. The Bertz CT molecular complexity index is 366. The summed E-state index contributed by atoms with van der Waals surface area (Å²) in [5.74, 6) is 0.842. The molecule has 0 saturated heterocycles. The zero-order valence-corrected chi connectivity index (χ0v) is 10.8. The molecule has 100 valence electrons. The summed E-state index contributed by atoms with van der Waals surface area (Å²) in [5.41, 5.74) is 1.02. The van der Waals surface area contributed by atoms with Crippen LogP contribution < -0.4 is 10.1 Å². The third kappa shape index (κ3) is 5.68. The summed E-state index contributed by atoms with van der Waals surface area (Å²) in [6.45, 7) is 3.23. The van der Waals surface area contributed by atoms with Crippen molar-refractivity contribution in [2.75, 3.05) is 13.2 Å². The highest BCUT2D eigenvalue weighted by molar-refractivity contribution is 5.75. The fourth-order valence-electron chi connectivity index (χ4n) is 1.60. The molecule has 18 heavy (non-hydrogen) atoms. The number of unbranched alkanes of at least 4 members (excludes halogenated alkanes) is 1. The second-order valence-corrected chi connectivity index (χ2v) is 4.04. The number of amides is 1. The molecule has 0 fully saturated rings. The molecule has 0 aliphatic carbocycles. The largest absolute Gasteiger partial charge is 0.494 e. The first-order valence-corrected chi connectivity index (χ1v) is 6.35. The fourth-order valence-corrected chi connectivity index (χ4v) is 1.60. The third-order valence-electron chi connectivity index (χ3n) is 2.51. The van der Waals surface area contributed by atoms with Crippen molar-refractivity contribution in [3.05, 3.63) is 29.8 Å². The first kappa shape index (κ1) is 14.5. The normalized spacial score (nSPS) is 10.1. The van der Waals surface area contributed by atoms with Crippen LogP contribution in [-0.2, 0) is 11.3 Å². The molecule has 4 heteroatoms. The van der Waals surface area contributed by atoms with E-state index in [1.54, 1.807) is 0 Å². The van der Waals surface area contributed by atoms with Gasteiger partial charge < -0.3 is 15.2 Å². The maximum absolute atomic E-state index is 11.5. The van der Waals surface area contributed by atoms with E-state index in [0.717, 1.165) is 17.7 Å². The van der Waals surface area contributed by atoms with E-state index in [1.165, 1.54) is 0 Å². The van der Waals surface area contributed by atoms with Crippen molar-refractivity contribution in [3.63, 3.8) is 0 Å². The van der Waals surface area contributed by atoms with Gasteiger partial charge in [-0.15, -0.1) is 0 Å². The quantitative estimate of drug-likeness (QED) is 0.693. The number of hydrogen-bond donors (Lipinski definition) is 2. The summed E-state index contributed by atoms with van der Waals surface area (Å²) in [4.78, 5) is 11.5. The highest BCUT2D eigenvalue weighted by Gasteiger charge is 2.01. The molecule has 0 unspecified atom stereocenters. The highest BCUT2D eigenvalue weighted by atomic mass is 16.5. The molecule has 0 heterocycles. The second kappa shape index (κ2) is 8.53. The van der Waals surface area contributed by atoms with Gasteiger partial charge in [0.25, 0.3) is 0 Å². The van der Waals surface area contributed by atoms with Gasteiger partial charge in [-0.2, -0.15) is 0 Å². The monoisotopic (exact) mass is 251 g/mol. The summed E-state index contributed by atoms with van der Waals surface area (Å²) in [7, 11) is 0. The summed E-state index contributed by atoms with van der Waals surface area (Å²) < 4.78 is 5.39. The number of carbonyl (C=O) groups is 1. The number of carbonyl (C=O) groups excluding carboxylic acids is 1. The SMILES string of the molecule is CCOc1cccc(CNC(=O)CCCCO)c1. The fraction of sp³-hybridized carbons (Fsp3) is 0.500. The van der Waals surface area contributed by atoms with Crippen LogP contribution in [0.3, 0.4) is 0 Å². The van der Waals surface area contributed by atoms with E-state index in [2.05, 4.69) is 5.32 Å². The standard InChI is InChI=1S/C14H21NO3/c1-2-18-13-7-5-6-12(10-13)11-15-14(17)8-3-4-9-16/h5-7,10,16H,2-4,8-9,11H2,1H3,(H,15,17). The van der Waals surface area contributed by atoms with Crippen molar-refractivity contribution in [2.24, 2.45) is 0 Å². The maximum atomic E-state index is 11.5. The molecule has 1 amide bonds. The smallest absolute Gasteiger partial charge is 0.220 e. The molecular weight excluding hydrogens is 230 g/mol. The predicted octanol–water partition coefficient (Wildman–Crippen LogP) is 1.86. The Morgan fingerprint density at radius 1 is 1.39 bits per heavy atom. The van der Waals surface area contributed by atoms with Crippen LogP contribution in [0.2, 0.25) is 0 Å². The van der Waals surface area contributed by atoms with Crippen molar-refractivity contribution in [3.8, 4) is 5.75 Å². The second-order valence-electron chi connectivity index (χ2n) is 4.04. The summed E-state index contributed by atoms with van der Waals surface area (Å²) in [5, 5.41) is 11.5. The van der Waals surface area contributed by atoms with E-state index < -0.39 is 0 Å². The van der Waals surface area contributed by atoms with Gasteiger partial charge in [0.05, 0.1) is 6.61 Å². The first-order valence-electron chi connectivity index (χ1n) is 6.35. The number of aliphatic hydroxyl groups is 1. The number of rotatable bonds is 8. The molecule has 1 aromatic carbocycles. The molecule has 0 aliphatic heterocycles. The number of benzene rings is 1. The van der Waals surface area contributed by atoms with Crippen molar-refractivity contribution < 1.29 is 14.6 Å². The number of hydrogen-bond acceptors (Lipinski definition) is 3. The van der Waals surface area contributed by atoms with Gasteiger partial charge in [-0.25, -0.2) is 0 Å². The zero-order chi connectivity index (χ0) is 13.2. The van der Waals surface area contributed by atoms with Crippen LogP contribution in [0.15, 0.2) is 24.3 Å². The molecule has 4 nitrogen and oxygen atoms in total. The molecule has 0 spiro atoms. The van der Waals surface area contributed by atoms with Crippen LogP contribution >= 0.6 is 0 Å². The van der Waals surface area contributed by atoms with Gasteiger partial charge >= 0.3 is 0 Å². The van der Waals surface area contributed by atoms with E-state index in [9.17, 15) is 4.79 Å². The number of aliphatic hydroxyl groups excluding tert-OH is 1. The molecule has 1 rings (SSSR count). The zero-order valence-electron chi connectivity index (χ0n) is 10.8. The Morgan fingerprint density at radius 3 is 2.94 bits per heavy atom. The van der Waals surface area contributed by atoms with E-state index >= 15 is 0 Å². The Hall–Kier alpha value is -1.55. The van der Waals surface area contributed by atoms with E-state index in [1.807, 2.05) is 31.2 Å². The molecule has 0 aliphatic rings. The minimum atomic E-state index is 0.0188. The van der Waals surface area contributed by atoms with Gasteiger partial charge in [0, 0.05) is 19.6 Å². The Kier molecular flexibility index (Phi) is 6.87. The predicted molar refractivity (Wildman–Crippen MR) is 70.4 cm³/mol. The third-order valence-corrected chi connectivity index (χ3v) is 2.51. The Labute approximate surface area is 108 Å². The molecule has 0 saturated carbocycles. The molecule has 0 atom stereocenters. The summed E-state index contributed by atoms with van der Waals surface area (Å²) in [6.07, 6.45) is 1.86. The van der Waals surface area contributed by atoms with Crippen molar-refractivity contribution in [1.82, 2.24) is 5.32 Å². The van der Waals surface area contributed by atoms with Crippen LogP contribution in [0.5, 0.6) is 5.75 Å². The van der Waals surface area contributed by atoms with Crippen LogP contribution in [0.1, 0.15) is 31.7 Å². The van der Waals surface area contributed by atoms with Gasteiger partial charge in [-0.05, 0) is 37.5 Å². The molecule has 0 bridgehead atoms. The highest BCUT2D eigenvalue weighted by Crippen LogP contribution is 2.13. The molecule has 2 N–H and O–H groups in total. The van der Waals surface area contributed by atoms with Crippen LogP contribution in [-0.4, -0.2) is 24.2 Å². The van der Waals surface area contributed by atoms with Crippen molar-refractivity contribution >= 4 is 5.91 Å². The Balaban J connectivity index is 2.33. The lowest BCUT2D eigenvalue weighted by molar-refractivity contribution is -0.121. The molecular formula is C14H21NO3. The van der Waals surface area contributed by atoms with E-state index in [-0.39, 0.29) is 12.5 Å². The van der Waals surface area contributed by atoms with Crippen molar-refractivity contribution in [1.29, 1.82) is 0 Å². The molecule has 1 aromatic rings. The lowest BCUT2D eigenvalue weighted by Crippen LogP contribution is -2.22. The lowest BCUT2D eigenvalue weighted by atomic mass is 10.2. The summed E-state index contributed by atoms with van der Waals surface area (Å²) >= 11 is 0. The molecule has 0 radical (unpaired) electrons. The first-order chi connectivity index (χ1) is 8.76. The van der Waals surface area contributed by atoms with Crippen LogP contribution in [0.25, 0.3) is 0 Å². The average Bonchev–Trinajstić information content (AvgIpc) is 2.38. The van der Waals surface area contributed by atoms with Gasteiger partial charge in [-0.1, -0.05) is 12.1 Å². The van der Waals surface area contributed by atoms with Crippen LogP contribution in [0, 0.1) is 0 Å². The van der Waals surface area contributed by atoms with E-state index in [0.29, 0.717) is 26.0 Å². The summed E-state index contributed by atoms with van der Waals surface area (Å²) in [6, 6.07) is 7.70. The topological polar surface area (TPSA) is 58.6 Å². The number of ether oxygens (including phenoxy) is 1. The van der Waals surface area contributed by atoms with Crippen LogP contribution in [0.4, 0.5) is 0 Å². The number of nitrogens with one attached hydrogen (secondary N) is 1. The Morgan fingerprint density at radius 2 is 2.22 bits per heavy atom. The van der Waals surface area contributed by atoms with E-state index in [4.69, 9.17) is 9.84 Å². The van der Waals surface area contributed by atoms with Gasteiger partial charge in [0.1, 0.15) is 5.75 Å². The maximum Gasteiger partial charge on any atom is 0.220 e. The molecule has 0 aromatic heterocycles. The minimum Gasteiger partial charge on any atom is -0.494 e. The van der Waals surface area contributed by atoms with Gasteiger partial charge in [-0.3, -0.25) is 4.79 Å². The van der Waals surface area contributed by atoms with Gasteiger partial charge in [0.15, 0.2) is 0 Å². The minimum absolute atomic E-state index is 0.0188. The lowest BCUT2D eigenvalue weighted by Gasteiger charge is -2.07. The van der Waals surface area contributed by atoms with Crippen molar-refractivity contribution in [2.45, 2.75) is 32.7 Å².